The Hall–Kier alpha value is -0.820. The Morgan fingerprint density at radius 1 is 1.23 bits per heavy atom. The van der Waals surface area contributed by atoms with Gasteiger partial charge in [0, 0.05) is 13.2 Å². The summed E-state index contributed by atoms with van der Waals surface area (Å²) in [5.41, 5.74) is 1.40. The molecule has 0 saturated carbocycles. The molecule has 0 aromatic heterocycles. The molecule has 1 nitrogen and oxygen atoms in total. The van der Waals surface area contributed by atoms with Gasteiger partial charge in [-0.1, -0.05) is 37.3 Å². The summed E-state index contributed by atoms with van der Waals surface area (Å²) >= 11 is 0. The fraction of sp³-hybridized carbons (Fsp3) is 0.500. The van der Waals surface area contributed by atoms with Gasteiger partial charge in [-0.2, -0.15) is 0 Å². The zero-order chi connectivity index (χ0) is 9.52. The maximum absolute atomic E-state index is 5.37. The summed E-state index contributed by atoms with van der Waals surface area (Å²) in [6.45, 7) is 5.95. The van der Waals surface area contributed by atoms with Crippen LogP contribution < -0.4 is 0 Å². The molecule has 0 fully saturated rings. The van der Waals surface area contributed by atoms with Crippen molar-refractivity contribution in [1.82, 2.24) is 0 Å². The van der Waals surface area contributed by atoms with E-state index < -0.39 is 0 Å². The fourth-order valence-electron chi connectivity index (χ4n) is 1.39. The highest BCUT2D eigenvalue weighted by molar-refractivity contribution is 5.14. The molecule has 0 spiro atoms. The van der Waals surface area contributed by atoms with Crippen molar-refractivity contribution in [1.29, 1.82) is 0 Å². The lowest BCUT2D eigenvalue weighted by Gasteiger charge is -2.10. The number of ether oxygens (including phenoxy) is 1. The van der Waals surface area contributed by atoms with Gasteiger partial charge in [-0.15, -0.1) is 0 Å². The van der Waals surface area contributed by atoms with Gasteiger partial charge in [-0.3, -0.25) is 0 Å². The van der Waals surface area contributed by atoms with Gasteiger partial charge in [-0.05, 0) is 24.8 Å². The van der Waals surface area contributed by atoms with Crippen LogP contribution in [0.4, 0.5) is 0 Å². The first-order valence-electron chi connectivity index (χ1n) is 4.94. The molecule has 0 bridgehead atoms. The van der Waals surface area contributed by atoms with E-state index in [9.17, 15) is 0 Å². The summed E-state index contributed by atoms with van der Waals surface area (Å²) in [5, 5.41) is 0. The van der Waals surface area contributed by atoms with Crippen LogP contribution in [0.2, 0.25) is 0 Å². The van der Waals surface area contributed by atoms with E-state index in [1.165, 1.54) is 5.56 Å². The average Bonchev–Trinajstić information content (AvgIpc) is 2.16. The summed E-state index contributed by atoms with van der Waals surface area (Å²) < 4.78 is 5.37. The van der Waals surface area contributed by atoms with E-state index in [-0.39, 0.29) is 0 Å². The zero-order valence-corrected chi connectivity index (χ0v) is 8.49. The largest absolute Gasteiger partial charge is 0.381 e. The van der Waals surface area contributed by atoms with Crippen molar-refractivity contribution < 1.29 is 4.74 Å². The molecule has 0 aliphatic heterocycles. The molecule has 0 aliphatic rings. The van der Waals surface area contributed by atoms with Crippen LogP contribution in [-0.2, 0) is 11.2 Å². The van der Waals surface area contributed by atoms with Crippen LogP contribution in [0.5, 0.6) is 0 Å². The summed E-state index contributed by atoms with van der Waals surface area (Å²) in [6, 6.07) is 10.6. The maximum Gasteiger partial charge on any atom is 0.0494 e. The minimum atomic E-state index is 0.613. The van der Waals surface area contributed by atoms with Crippen LogP contribution >= 0.6 is 0 Å². The van der Waals surface area contributed by atoms with Crippen molar-refractivity contribution in [3.8, 4) is 0 Å². The minimum Gasteiger partial charge on any atom is -0.381 e. The van der Waals surface area contributed by atoms with Crippen LogP contribution in [0, 0.1) is 5.92 Å². The molecular formula is C12H18O. The SMILES string of the molecule is CCOCC(C)Cc1ccccc1. The predicted molar refractivity (Wildman–Crippen MR) is 55.8 cm³/mol. The van der Waals surface area contributed by atoms with Crippen molar-refractivity contribution in [3.63, 3.8) is 0 Å². The Kier molecular flexibility index (Phi) is 4.55. The molecule has 0 radical (unpaired) electrons. The molecule has 0 aliphatic carbocycles. The van der Waals surface area contributed by atoms with Crippen LogP contribution in [-0.4, -0.2) is 13.2 Å². The van der Waals surface area contributed by atoms with E-state index in [1.807, 2.05) is 6.92 Å². The first-order valence-corrected chi connectivity index (χ1v) is 4.94. The predicted octanol–water partition coefficient (Wildman–Crippen LogP) is 2.90. The monoisotopic (exact) mass is 178 g/mol. The second-order valence-corrected chi connectivity index (χ2v) is 3.45. The van der Waals surface area contributed by atoms with Gasteiger partial charge in [0.25, 0.3) is 0 Å². The third-order valence-electron chi connectivity index (χ3n) is 2.03. The molecule has 1 atom stereocenters. The van der Waals surface area contributed by atoms with Crippen molar-refractivity contribution >= 4 is 0 Å². The Bertz CT molecular complexity index is 218. The molecule has 1 rings (SSSR count). The maximum atomic E-state index is 5.37. The van der Waals surface area contributed by atoms with Gasteiger partial charge in [0.1, 0.15) is 0 Å². The lowest BCUT2D eigenvalue weighted by atomic mass is 10.0. The number of hydrogen-bond donors (Lipinski definition) is 0. The second kappa shape index (κ2) is 5.76. The summed E-state index contributed by atoms with van der Waals surface area (Å²) in [6.07, 6.45) is 1.11. The Morgan fingerprint density at radius 3 is 2.54 bits per heavy atom. The van der Waals surface area contributed by atoms with Gasteiger partial charge >= 0.3 is 0 Å². The summed E-state index contributed by atoms with van der Waals surface area (Å²) in [7, 11) is 0. The van der Waals surface area contributed by atoms with Crippen LogP contribution in [0.1, 0.15) is 19.4 Å². The fourth-order valence-corrected chi connectivity index (χ4v) is 1.39. The van der Waals surface area contributed by atoms with Crippen molar-refractivity contribution in [2.75, 3.05) is 13.2 Å². The molecule has 1 heteroatoms. The second-order valence-electron chi connectivity index (χ2n) is 3.45. The number of benzene rings is 1. The molecule has 0 N–H and O–H groups in total. The highest BCUT2D eigenvalue weighted by atomic mass is 16.5. The molecule has 13 heavy (non-hydrogen) atoms. The molecule has 0 heterocycles. The van der Waals surface area contributed by atoms with Crippen molar-refractivity contribution in [2.45, 2.75) is 20.3 Å². The normalized spacial score (nSPS) is 12.8. The van der Waals surface area contributed by atoms with Crippen LogP contribution in [0.3, 0.4) is 0 Å². The highest BCUT2D eigenvalue weighted by Gasteiger charge is 2.02. The minimum absolute atomic E-state index is 0.613. The smallest absolute Gasteiger partial charge is 0.0494 e. The van der Waals surface area contributed by atoms with E-state index in [2.05, 4.69) is 37.3 Å². The number of rotatable bonds is 5. The Labute approximate surface area is 80.7 Å². The first-order chi connectivity index (χ1) is 6.33. The van der Waals surface area contributed by atoms with Gasteiger partial charge in [0.2, 0.25) is 0 Å². The lowest BCUT2D eigenvalue weighted by molar-refractivity contribution is 0.116. The van der Waals surface area contributed by atoms with E-state index in [1.54, 1.807) is 0 Å². The number of hydrogen-bond acceptors (Lipinski definition) is 1. The van der Waals surface area contributed by atoms with Gasteiger partial charge in [0.05, 0.1) is 0 Å². The van der Waals surface area contributed by atoms with Crippen LogP contribution in [0.15, 0.2) is 30.3 Å². The van der Waals surface area contributed by atoms with E-state index >= 15 is 0 Å². The Morgan fingerprint density at radius 2 is 1.92 bits per heavy atom. The highest BCUT2D eigenvalue weighted by Crippen LogP contribution is 2.08. The molecule has 1 aromatic rings. The van der Waals surface area contributed by atoms with E-state index in [0.29, 0.717) is 5.92 Å². The molecule has 1 aromatic carbocycles. The van der Waals surface area contributed by atoms with Crippen molar-refractivity contribution in [3.05, 3.63) is 35.9 Å². The molecule has 0 saturated heterocycles. The summed E-state index contributed by atoms with van der Waals surface area (Å²) in [5.74, 6) is 0.613. The molecule has 72 valence electrons. The van der Waals surface area contributed by atoms with Crippen LogP contribution in [0.25, 0.3) is 0 Å². The third-order valence-corrected chi connectivity index (χ3v) is 2.03. The van der Waals surface area contributed by atoms with E-state index in [4.69, 9.17) is 4.74 Å². The first kappa shape index (κ1) is 10.3. The average molecular weight is 178 g/mol. The van der Waals surface area contributed by atoms with Gasteiger partial charge in [0.15, 0.2) is 0 Å². The van der Waals surface area contributed by atoms with Gasteiger partial charge < -0.3 is 4.74 Å². The topological polar surface area (TPSA) is 9.23 Å². The Balaban J connectivity index is 2.32. The molecular weight excluding hydrogens is 160 g/mol. The van der Waals surface area contributed by atoms with E-state index in [0.717, 1.165) is 19.6 Å². The quantitative estimate of drug-likeness (QED) is 0.673. The molecule has 1 unspecified atom stereocenters. The van der Waals surface area contributed by atoms with Crippen molar-refractivity contribution in [2.24, 2.45) is 5.92 Å². The summed E-state index contributed by atoms with van der Waals surface area (Å²) in [4.78, 5) is 0. The lowest BCUT2D eigenvalue weighted by Crippen LogP contribution is -2.08. The standard InChI is InChI=1S/C12H18O/c1-3-13-10-11(2)9-12-7-5-4-6-8-12/h4-8,11H,3,9-10H2,1-2H3. The van der Waals surface area contributed by atoms with Gasteiger partial charge in [-0.25, -0.2) is 0 Å². The molecule has 0 amide bonds. The zero-order valence-electron chi connectivity index (χ0n) is 8.49. The third kappa shape index (κ3) is 4.09.